The number of nitrogens with one attached hydrogen (secondary N) is 1. The molecule has 178 valence electrons. The molecule has 2 heterocycles. The number of carbonyl (C=O) groups excluding carboxylic acids is 2. The van der Waals surface area contributed by atoms with Gasteiger partial charge in [0.25, 0.3) is 0 Å². The number of nitrogens with zero attached hydrogens (tertiary/aromatic N) is 4. The Bertz CT molecular complexity index is 1350. The lowest BCUT2D eigenvalue weighted by Crippen LogP contribution is -2.14. The zero-order chi connectivity index (χ0) is 24.8. The monoisotopic (exact) mass is 471 g/mol. The lowest BCUT2D eigenvalue weighted by molar-refractivity contribution is 0.0518. The molecule has 0 saturated heterocycles. The number of aryl methyl sites for hydroxylation is 1. The van der Waals surface area contributed by atoms with Crippen LogP contribution in [0.1, 0.15) is 40.1 Å². The SMILES string of the molecule is CCOC(=O)c1cnc(-c2cccc(C)c2)nc1Nc1c(C(=O)OCC)cnn1-c1ccccc1. The van der Waals surface area contributed by atoms with E-state index in [0.717, 1.165) is 11.1 Å². The molecule has 0 radical (unpaired) electrons. The molecular weight excluding hydrogens is 446 g/mol. The molecule has 4 rings (SSSR count). The third-order valence-electron chi connectivity index (χ3n) is 5.06. The van der Waals surface area contributed by atoms with E-state index in [1.807, 2.05) is 61.5 Å². The van der Waals surface area contributed by atoms with Crippen LogP contribution in [0.3, 0.4) is 0 Å². The zero-order valence-electron chi connectivity index (χ0n) is 19.7. The van der Waals surface area contributed by atoms with Gasteiger partial charge in [0.1, 0.15) is 22.8 Å². The quantitative estimate of drug-likeness (QED) is 0.367. The summed E-state index contributed by atoms with van der Waals surface area (Å²) in [5.74, 6) is -0.253. The summed E-state index contributed by atoms with van der Waals surface area (Å²) in [5.41, 5.74) is 2.85. The number of aromatic nitrogens is 4. The van der Waals surface area contributed by atoms with Gasteiger partial charge in [-0.15, -0.1) is 0 Å². The molecule has 35 heavy (non-hydrogen) atoms. The Hall–Kier alpha value is -4.53. The van der Waals surface area contributed by atoms with Gasteiger partial charge in [-0.05, 0) is 39.0 Å². The van der Waals surface area contributed by atoms with E-state index in [2.05, 4.69) is 20.4 Å². The average Bonchev–Trinajstić information content (AvgIpc) is 3.28. The number of para-hydroxylation sites is 1. The van der Waals surface area contributed by atoms with Gasteiger partial charge < -0.3 is 14.8 Å². The minimum absolute atomic E-state index is 0.124. The second kappa shape index (κ2) is 10.6. The van der Waals surface area contributed by atoms with Crippen molar-refractivity contribution in [2.45, 2.75) is 20.8 Å². The molecule has 0 aliphatic carbocycles. The van der Waals surface area contributed by atoms with Gasteiger partial charge in [-0.25, -0.2) is 24.2 Å². The van der Waals surface area contributed by atoms with Gasteiger partial charge in [0, 0.05) is 11.8 Å². The Morgan fingerprint density at radius 2 is 1.63 bits per heavy atom. The number of hydrogen-bond acceptors (Lipinski definition) is 8. The van der Waals surface area contributed by atoms with E-state index in [1.165, 1.54) is 12.4 Å². The Kier molecular flexibility index (Phi) is 7.15. The van der Waals surface area contributed by atoms with Crippen molar-refractivity contribution in [1.29, 1.82) is 0 Å². The van der Waals surface area contributed by atoms with Gasteiger partial charge >= 0.3 is 11.9 Å². The van der Waals surface area contributed by atoms with Crippen LogP contribution in [0, 0.1) is 6.92 Å². The van der Waals surface area contributed by atoms with Crippen LogP contribution in [-0.2, 0) is 9.47 Å². The Labute approximate surface area is 202 Å². The molecule has 2 aromatic carbocycles. The molecule has 0 amide bonds. The number of carbonyl (C=O) groups is 2. The van der Waals surface area contributed by atoms with Crippen LogP contribution in [0.25, 0.3) is 17.1 Å². The summed E-state index contributed by atoms with van der Waals surface area (Å²) >= 11 is 0. The highest BCUT2D eigenvalue weighted by molar-refractivity contribution is 5.98. The molecule has 0 aliphatic rings. The Morgan fingerprint density at radius 1 is 0.914 bits per heavy atom. The van der Waals surface area contributed by atoms with Crippen molar-refractivity contribution in [2.75, 3.05) is 18.5 Å². The maximum Gasteiger partial charge on any atom is 0.343 e. The van der Waals surface area contributed by atoms with E-state index < -0.39 is 11.9 Å². The molecular formula is C26H25N5O4. The van der Waals surface area contributed by atoms with Crippen molar-refractivity contribution in [3.63, 3.8) is 0 Å². The third kappa shape index (κ3) is 5.19. The Morgan fingerprint density at radius 3 is 2.31 bits per heavy atom. The maximum atomic E-state index is 12.7. The number of anilines is 2. The minimum Gasteiger partial charge on any atom is -0.462 e. The molecule has 0 spiro atoms. The van der Waals surface area contributed by atoms with Crippen molar-refractivity contribution in [2.24, 2.45) is 0 Å². The van der Waals surface area contributed by atoms with Gasteiger partial charge in [0.2, 0.25) is 0 Å². The summed E-state index contributed by atoms with van der Waals surface area (Å²) in [6, 6.07) is 17.0. The molecule has 4 aromatic rings. The summed E-state index contributed by atoms with van der Waals surface area (Å²) in [4.78, 5) is 34.4. The Balaban J connectivity index is 1.86. The molecule has 0 atom stereocenters. The zero-order valence-corrected chi connectivity index (χ0v) is 19.7. The summed E-state index contributed by atoms with van der Waals surface area (Å²) < 4.78 is 12.0. The van der Waals surface area contributed by atoms with E-state index in [9.17, 15) is 9.59 Å². The summed E-state index contributed by atoms with van der Waals surface area (Å²) in [6.45, 7) is 5.81. The maximum absolute atomic E-state index is 12.7. The first kappa shape index (κ1) is 23.6. The molecule has 1 N–H and O–H groups in total. The van der Waals surface area contributed by atoms with Crippen molar-refractivity contribution < 1.29 is 19.1 Å². The van der Waals surface area contributed by atoms with Gasteiger partial charge in [0.15, 0.2) is 5.82 Å². The molecule has 0 aliphatic heterocycles. The second-order valence-electron chi connectivity index (χ2n) is 7.55. The first-order valence-electron chi connectivity index (χ1n) is 11.2. The predicted molar refractivity (Wildman–Crippen MR) is 131 cm³/mol. The second-order valence-corrected chi connectivity index (χ2v) is 7.55. The highest BCUT2D eigenvalue weighted by Gasteiger charge is 2.24. The highest BCUT2D eigenvalue weighted by atomic mass is 16.5. The summed E-state index contributed by atoms with van der Waals surface area (Å²) in [6.07, 6.45) is 2.83. The molecule has 9 nitrogen and oxygen atoms in total. The van der Waals surface area contributed by atoms with Crippen LogP contribution in [0.15, 0.2) is 67.0 Å². The van der Waals surface area contributed by atoms with Crippen molar-refractivity contribution in [3.05, 3.63) is 83.7 Å². The van der Waals surface area contributed by atoms with E-state index in [4.69, 9.17) is 9.47 Å². The number of ether oxygens (including phenoxy) is 2. The molecule has 0 saturated carbocycles. The fourth-order valence-electron chi connectivity index (χ4n) is 3.46. The molecule has 0 bridgehead atoms. The van der Waals surface area contributed by atoms with Gasteiger partial charge in [-0.3, -0.25) is 0 Å². The van der Waals surface area contributed by atoms with Crippen LogP contribution in [0.4, 0.5) is 11.6 Å². The summed E-state index contributed by atoms with van der Waals surface area (Å²) in [7, 11) is 0. The van der Waals surface area contributed by atoms with Gasteiger partial charge in [-0.2, -0.15) is 5.10 Å². The lowest BCUT2D eigenvalue weighted by atomic mass is 10.1. The van der Waals surface area contributed by atoms with Crippen LogP contribution >= 0.6 is 0 Å². The molecule has 0 fully saturated rings. The highest BCUT2D eigenvalue weighted by Crippen LogP contribution is 2.28. The van der Waals surface area contributed by atoms with Crippen molar-refractivity contribution in [1.82, 2.24) is 19.7 Å². The van der Waals surface area contributed by atoms with E-state index in [1.54, 1.807) is 18.5 Å². The van der Waals surface area contributed by atoms with Crippen LogP contribution in [-0.4, -0.2) is 44.9 Å². The van der Waals surface area contributed by atoms with E-state index >= 15 is 0 Å². The van der Waals surface area contributed by atoms with E-state index in [-0.39, 0.29) is 30.2 Å². The molecule has 0 unspecified atom stereocenters. The van der Waals surface area contributed by atoms with Crippen LogP contribution < -0.4 is 5.32 Å². The average molecular weight is 472 g/mol. The molecule has 2 aromatic heterocycles. The fraction of sp³-hybridized carbons (Fsp3) is 0.192. The first-order chi connectivity index (χ1) is 17.0. The number of hydrogen-bond donors (Lipinski definition) is 1. The fourth-order valence-corrected chi connectivity index (χ4v) is 3.46. The van der Waals surface area contributed by atoms with Crippen LogP contribution in [0.5, 0.6) is 0 Å². The topological polar surface area (TPSA) is 108 Å². The number of benzene rings is 2. The first-order valence-corrected chi connectivity index (χ1v) is 11.2. The van der Waals surface area contributed by atoms with E-state index in [0.29, 0.717) is 17.3 Å². The number of rotatable bonds is 8. The summed E-state index contributed by atoms with van der Waals surface area (Å²) in [5, 5.41) is 7.52. The minimum atomic E-state index is -0.589. The predicted octanol–water partition coefficient (Wildman–Crippen LogP) is 4.73. The number of esters is 2. The van der Waals surface area contributed by atoms with Gasteiger partial charge in [0.05, 0.1) is 25.1 Å². The molecule has 9 heteroatoms. The normalized spacial score (nSPS) is 10.6. The smallest absolute Gasteiger partial charge is 0.343 e. The standard InChI is InChI=1S/C26H25N5O4/c1-4-34-25(32)20-15-27-22(18-11-9-10-17(3)14-18)29-23(20)30-24-21(26(33)35-5-2)16-28-31(24)19-12-7-6-8-13-19/h6-16H,4-5H2,1-3H3,(H,27,29,30). The van der Waals surface area contributed by atoms with Crippen molar-refractivity contribution >= 4 is 23.6 Å². The lowest BCUT2D eigenvalue weighted by Gasteiger charge is -2.15. The van der Waals surface area contributed by atoms with Crippen LogP contribution in [0.2, 0.25) is 0 Å². The third-order valence-corrected chi connectivity index (χ3v) is 5.06. The van der Waals surface area contributed by atoms with Crippen molar-refractivity contribution in [3.8, 4) is 17.1 Å². The largest absolute Gasteiger partial charge is 0.462 e. The van der Waals surface area contributed by atoms with Gasteiger partial charge in [-0.1, -0.05) is 42.0 Å².